The lowest BCUT2D eigenvalue weighted by atomic mass is 10.1. The van der Waals surface area contributed by atoms with E-state index in [-0.39, 0.29) is 22.6 Å². The minimum Gasteiger partial charge on any atom is -0.368 e. The van der Waals surface area contributed by atoms with E-state index in [0.717, 1.165) is 49.1 Å². The average molecular weight is 533 g/mol. The first-order valence-corrected chi connectivity index (χ1v) is 14.4. The lowest BCUT2D eigenvalue weighted by Crippen LogP contribution is -2.48. The molecular formula is C26H28N8O3S. The number of H-pyrrole nitrogens is 1. The zero-order valence-electron chi connectivity index (χ0n) is 20.9. The maximum atomic E-state index is 12.7. The van der Waals surface area contributed by atoms with Gasteiger partial charge in [-0.15, -0.1) is 0 Å². The van der Waals surface area contributed by atoms with Crippen LogP contribution in [0.1, 0.15) is 23.2 Å². The van der Waals surface area contributed by atoms with Crippen LogP contribution in [0.25, 0.3) is 11.0 Å². The molecule has 0 bridgehead atoms. The Balaban J connectivity index is 1.15. The first kappa shape index (κ1) is 24.2. The van der Waals surface area contributed by atoms with Crippen molar-refractivity contribution in [3.63, 3.8) is 0 Å². The maximum Gasteiger partial charge on any atom is 0.253 e. The van der Waals surface area contributed by atoms with Gasteiger partial charge in [-0.2, -0.15) is 15.1 Å². The summed E-state index contributed by atoms with van der Waals surface area (Å²) in [7, 11) is -3.52. The van der Waals surface area contributed by atoms with Gasteiger partial charge in [-0.05, 0) is 49.2 Å². The molecule has 38 heavy (non-hydrogen) atoms. The van der Waals surface area contributed by atoms with Crippen molar-refractivity contribution in [3.8, 4) is 0 Å². The quantitative estimate of drug-likeness (QED) is 0.328. The fraction of sp³-hybridized carbons (Fsp3) is 0.308. The summed E-state index contributed by atoms with van der Waals surface area (Å²) in [6.45, 7) is 2.83. The van der Waals surface area contributed by atoms with E-state index in [2.05, 4.69) is 35.7 Å². The van der Waals surface area contributed by atoms with Crippen molar-refractivity contribution in [2.45, 2.75) is 23.9 Å². The molecule has 1 aliphatic heterocycles. The molecule has 3 N–H and O–H groups in total. The maximum absolute atomic E-state index is 12.7. The molecular weight excluding hydrogens is 504 g/mol. The van der Waals surface area contributed by atoms with Crippen LogP contribution in [0.4, 0.5) is 23.1 Å². The predicted molar refractivity (Wildman–Crippen MR) is 146 cm³/mol. The molecule has 0 spiro atoms. The van der Waals surface area contributed by atoms with Crippen LogP contribution in [0.15, 0.2) is 59.6 Å². The Morgan fingerprint density at radius 3 is 2.34 bits per heavy atom. The molecule has 1 saturated heterocycles. The second-order valence-electron chi connectivity index (χ2n) is 9.66. The van der Waals surface area contributed by atoms with Crippen molar-refractivity contribution >= 4 is 49.9 Å². The minimum atomic E-state index is -3.52. The second-order valence-corrected chi connectivity index (χ2v) is 11.6. The molecule has 2 aromatic carbocycles. The Hall–Kier alpha value is -4.19. The summed E-state index contributed by atoms with van der Waals surface area (Å²) >= 11 is 0. The van der Waals surface area contributed by atoms with Crippen LogP contribution in [0.2, 0.25) is 0 Å². The Morgan fingerprint density at radius 1 is 0.974 bits per heavy atom. The zero-order chi connectivity index (χ0) is 26.3. The Morgan fingerprint density at radius 2 is 1.68 bits per heavy atom. The first-order chi connectivity index (χ1) is 18.3. The molecule has 1 saturated carbocycles. The third kappa shape index (κ3) is 4.99. The van der Waals surface area contributed by atoms with E-state index in [0.29, 0.717) is 30.2 Å². The van der Waals surface area contributed by atoms with E-state index in [4.69, 9.17) is 0 Å². The van der Waals surface area contributed by atoms with Gasteiger partial charge in [-0.3, -0.25) is 9.89 Å². The normalized spacial score (nSPS) is 16.0. The Kier molecular flexibility index (Phi) is 6.10. The summed E-state index contributed by atoms with van der Waals surface area (Å²) in [4.78, 5) is 25.9. The highest BCUT2D eigenvalue weighted by Gasteiger charge is 2.27. The Bertz CT molecular complexity index is 1580. The van der Waals surface area contributed by atoms with Crippen molar-refractivity contribution in [2.75, 3.05) is 48.0 Å². The summed E-state index contributed by atoms with van der Waals surface area (Å²) in [5.74, 6) is 0.847. The number of aromatic nitrogens is 4. The highest BCUT2D eigenvalue weighted by Crippen LogP contribution is 2.32. The molecule has 196 valence electrons. The van der Waals surface area contributed by atoms with Crippen LogP contribution in [0, 0.1) is 0 Å². The predicted octanol–water partition coefficient (Wildman–Crippen LogP) is 3.04. The molecule has 11 nitrogen and oxygen atoms in total. The van der Waals surface area contributed by atoms with Gasteiger partial charge in [0, 0.05) is 55.4 Å². The number of carbonyl (C=O) groups is 1. The molecule has 1 amide bonds. The number of hydrogen-bond acceptors (Lipinski definition) is 9. The SMILES string of the molecule is CS(=O)(=O)c1[nH]nc2nc(Nc3ccc(N4CCN(C(=O)c5ccccc5)CC4)cc3)nc(NC3CC3)c12. The zero-order valence-corrected chi connectivity index (χ0v) is 21.7. The second kappa shape index (κ2) is 9.60. The van der Waals surface area contributed by atoms with Crippen molar-refractivity contribution in [1.29, 1.82) is 0 Å². The third-order valence-corrected chi connectivity index (χ3v) is 7.78. The topological polar surface area (TPSA) is 136 Å². The number of aromatic amines is 1. The van der Waals surface area contributed by atoms with E-state index >= 15 is 0 Å². The molecule has 2 fully saturated rings. The van der Waals surface area contributed by atoms with E-state index in [1.54, 1.807) is 0 Å². The van der Waals surface area contributed by atoms with E-state index in [1.165, 1.54) is 0 Å². The molecule has 3 heterocycles. The van der Waals surface area contributed by atoms with Crippen molar-refractivity contribution in [2.24, 2.45) is 0 Å². The number of benzene rings is 2. The monoisotopic (exact) mass is 532 g/mol. The summed E-state index contributed by atoms with van der Waals surface area (Å²) in [5, 5.41) is 13.6. The first-order valence-electron chi connectivity index (χ1n) is 12.5. The van der Waals surface area contributed by atoms with E-state index in [1.807, 2.05) is 59.5 Å². The standard InChI is InChI=1S/C26H28N8O3S/c1-38(36,37)24-21-22(27-18-7-8-18)29-26(30-23(21)31-32-24)28-19-9-11-20(12-10-19)33-13-15-34(16-14-33)25(35)17-5-3-2-4-6-17/h2-6,9-12,18H,7-8,13-16H2,1H3,(H3,27,28,29,30,31,32). The number of nitrogens with zero attached hydrogens (tertiary/aromatic N) is 5. The highest BCUT2D eigenvalue weighted by molar-refractivity contribution is 7.90. The molecule has 12 heteroatoms. The van der Waals surface area contributed by atoms with Crippen LogP contribution in [0.3, 0.4) is 0 Å². The number of nitrogens with one attached hydrogen (secondary N) is 3. The lowest BCUT2D eigenvalue weighted by Gasteiger charge is -2.36. The number of fused-ring (bicyclic) bond motifs is 1. The van der Waals surface area contributed by atoms with Gasteiger partial charge in [0.25, 0.3) is 5.91 Å². The molecule has 1 aliphatic carbocycles. The number of sulfone groups is 1. The van der Waals surface area contributed by atoms with E-state index in [9.17, 15) is 13.2 Å². The number of piperazine rings is 1. The molecule has 0 radical (unpaired) electrons. The smallest absolute Gasteiger partial charge is 0.253 e. The fourth-order valence-corrected chi connectivity index (χ4v) is 5.33. The van der Waals surface area contributed by atoms with Gasteiger partial charge in [0.15, 0.2) is 20.5 Å². The number of hydrogen-bond donors (Lipinski definition) is 3. The number of rotatable bonds is 7. The van der Waals surface area contributed by atoms with Crippen molar-refractivity contribution in [1.82, 2.24) is 25.1 Å². The van der Waals surface area contributed by atoms with Gasteiger partial charge in [-0.25, -0.2) is 8.42 Å². The summed E-state index contributed by atoms with van der Waals surface area (Å²) in [6, 6.07) is 17.6. The van der Waals surface area contributed by atoms with Crippen LogP contribution in [-0.4, -0.2) is 77.9 Å². The molecule has 2 aromatic heterocycles. The van der Waals surface area contributed by atoms with Gasteiger partial charge in [0.1, 0.15) is 11.2 Å². The van der Waals surface area contributed by atoms with Crippen LogP contribution in [-0.2, 0) is 9.84 Å². The summed E-state index contributed by atoms with van der Waals surface area (Å²) < 4.78 is 24.4. The summed E-state index contributed by atoms with van der Waals surface area (Å²) in [6.07, 6.45) is 3.16. The van der Waals surface area contributed by atoms with Crippen LogP contribution < -0.4 is 15.5 Å². The van der Waals surface area contributed by atoms with Crippen LogP contribution in [0.5, 0.6) is 0 Å². The molecule has 2 aliphatic rings. The molecule has 0 atom stereocenters. The summed E-state index contributed by atoms with van der Waals surface area (Å²) in [5.41, 5.74) is 2.86. The fourth-order valence-electron chi connectivity index (χ4n) is 4.56. The van der Waals surface area contributed by atoms with Gasteiger partial charge < -0.3 is 20.4 Å². The van der Waals surface area contributed by atoms with Gasteiger partial charge in [-0.1, -0.05) is 18.2 Å². The number of anilines is 4. The van der Waals surface area contributed by atoms with Gasteiger partial charge in [0.05, 0.1) is 0 Å². The molecule has 6 rings (SSSR count). The van der Waals surface area contributed by atoms with Gasteiger partial charge >= 0.3 is 0 Å². The number of amides is 1. The van der Waals surface area contributed by atoms with Crippen molar-refractivity contribution < 1.29 is 13.2 Å². The van der Waals surface area contributed by atoms with Gasteiger partial charge in [0.2, 0.25) is 5.95 Å². The Labute approximate surface area is 220 Å². The average Bonchev–Trinajstić information content (AvgIpc) is 3.63. The largest absolute Gasteiger partial charge is 0.368 e. The third-order valence-electron chi connectivity index (χ3n) is 6.75. The van der Waals surface area contributed by atoms with Crippen LogP contribution >= 0.6 is 0 Å². The molecule has 4 aromatic rings. The number of carbonyl (C=O) groups excluding carboxylic acids is 1. The van der Waals surface area contributed by atoms with E-state index < -0.39 is 9.84 Å². The molecule has 0 unspecified atom stereocenters. The van der Waals surface area contributed by atoms with Crippen molar-refractivity contribution in [3.05, 3.63) is 60.2 Å². The highest BCUT2D eigenvalue weighted by atomic mass is 32.2. The minimum absolute atomic E-state index is 0.0112. The lowest BCUT2D eigenvalue weighted by molar-refractivity contribution is 0.0747.